The molecule has 2 N–H and O–H groups in total. The van der Waals surface area contributed by atoms with Crippen LogP contribution in [0.5, 0.6) is 11.5 Å². The van der Waals surface area contributed by atoms with Crippen LogP contribution >= 0.6 is 0 Å². The van der Waals surface area contributed by atoms with Crippen LogP contribution in [-0.2, 0) is 6.54 Å². The summed E-state index contributed by atoms with van der Waals surface area (Å²) in [7, 11) is 3.59. The van der Waals surface area contributed by atoms with Crippen LogP contribution in [-0.4, -0.2) is 20.1 Å². The smallest absolute Gasteiger partial charge is 0.190 e. The first-order valence-electron chi connectivity index (χ1n) is 6.52. The quantitative estimate of drug-likeness (QED) is 0.662. The van der Waals surface area contributed by atoms with Gasteiger partial charge in [-0.05, 0) is 29.8 Å². The largest absolute Gasteiger partial charge is 0.457 e. The van der Waals surface area contributed by atoms with Crippen molar-refractivity contribution in [2.75, 3.05) is 14.1 Å². The van der Waals surface area contributed by atoms with E-state index in [1.165, 1.54) is 5.56 Å². The second-order valence-electron chi connectivity index (χ2n) is 4.23. The Hall–Kier alpha value is -2.49. The van der Waals surface area contributed by atoms with E-state index in [1.807, 2.05) is 61.6 Å². The number of nitrogens with one attached hydrogen (secondary N) is 2. The summed E-state index contributed by atoms with van der Waals surface area (Å²) < 4.78 is 5.74. The average Bonchev–Trinajstić information content (AvgIpc) is 2.51. The average molecular weight is 269 g/mol. The van der Waals surface area contributed by atoms with E-state index in [1.54, 1.807) is 7.05 Å². The number of benzene rings is 2. The van der Waals surface area contributed by atoms with E-state index in [-0.39, 0.29) is 0 Å². The zero-order valence-corrected chi connectivity index (χ0v) is 11.8. The van der Waals surface area contributed by atoms with Gasteiger partial charge in [-0.2, -0.15) is 0 Å². The molecule has 0 spiro atoms. The molecular formula is C16H19N3O. The van der Waals surface area contributed by atoms with Crippen molar-refractivity contribution in [3.05, 3.63) is 60.2 Å². The van der Waals surface area contributed by atoms with Gasteiger partial charge in [-0.25, -0.2) is 0 Å². The normalized spacial score (nSPS) is 11.0. The van der Waals surface area contributed by atoms with E-state index in [0.717, 1.165) is 24.0 Å². The van der Waals surface area contributed by atoms with Crippen molar-refractivity contribution in [2.45, 2.75) is 6.54 Å². The van der Waals surface area contributed by atoms with Crippen LogP contribution in [0, 0.1) is 0 Å². The number of para-hydroxylation sites is 1. The SMILES string of the molecule is CN=C(NC)NCc1ccc(Oc2ccccc2)cc1. The molecule has 2 rings (SSSR count). The molecule has 0 fully saturated rings. The molecule has 0 aliphatic rings. The third-order valence-corrected chi connectivity index (χ3v) is 2.82. The summed E-state index contributed by atoms with van der Waals surface area (Å²) >= 11 is 0. The van der Waals surface area contributed by atoms with E-state index in [2.05, 4.69) is 15.6 Å². The molecule has 0 aliphatic heterocycles. The highest BCUT2D eigenvalue weighted by atomic mass is 16.5. The lowest BCUT2D eigenvalue weighted by atomic mass is 10.2. The van der Waals surface area contributed by atoms with Crippen LogP contribution in [0.1, 0.15) is 5.56 Å². The van der Waals surface area contributed by atoms with E-state index in [9.17, 15) is 0 Å². The molecule has 4 heteroatoms. The van der Waals surface area contributed by atoms with Gasteiger partial charge < -0.3 is 15.4 Å². The van der Waals surface area contributed by atoms with Gasteiger partial charge in [0.15, 0.2) is 5.96 Å². The minimum Gasteiger partial charge on any atom is -0.457 e. The van der Waals surface area contributed by atoms with E-state index in [4.69, 9.17) is 4.74 Å². The number of ether oxygens (including phenoxy) is 1. The Kier molecular flexibility index (Phi) is 5.00. The Balaban J connectivity index is 1.93. The van der Waals surface area contributed by atoms with Gasteiger partial charge in [0.05, 0.1) is 0 Å². The molecule has 0 radical (unpaired) electrons. The molecule has 0 atom stereocenters. The Morgan fingerprint density at radius 2 is 1.65 bits per heavy atom. The predicted molar refractivity (Wildman–Crippen MR) is 82.2 cm³/mol. The summed E-state index contributed by atoms with van der Waals surface area (Å²) in [6, 6.07) is 17.8. The molecule has 0 saturated carbocycles. The van der Waals surface area contributed by atoms with Crippen molar-refractivity contribution in [1.29, 1.82) is 0 Å². The fourth-order valence-electron chi connectivity index (χ4n) is 1.76. The number of nitrogens with zero attached hydrogens (tertiary/aromatic N) is 1. The van der Waals surface area contributed by atoms with Crippen LogP contribution in [0.2, 0.25) is 0 Å². The van der Waals surface area contributed by atoms with E-state index in [0.29, 0.717) is 0 Å². The summed E-state index contributed by atoms with van der Waals surface area (Å²) in [5, 5.41) is 6.18. The summed E-state index contributed by atoms with van der Waals surface area (Å²) in [4.78, 5) is 4.06. The highest BCUT2D eigenvalue weighted by Gasteiger charge is 1.98. The monoisotopic (exact) mass is 269 g/mol. The molecule has 0 unspecified atom stereocenters. The van der Waals surface area contributed by atoms with Gasteiger partial charge in [0, 0.05) is 20.6 Å². The molecule has 0 aromatic heterocycles. The Bertz CT molecular complexity index is 550. The summed E-state index contributed by atoms with van der Waals surface area (Å²) in [5.41, 5.74) is 1.17. The van der Waals surface area contributed by atoms with E-state index < -0.39 is 0 Å². The van der Waals surface area contributed by atoms with Crippen molar-refractivity contribution < 1.29 is 4.74 Å². The summed E-state index contributed by atoms with van der Waals surface area (Å²) in [6.07, 6.45) is 0. The van der Waals surface area contributed by atoms with E-state index >= 15 is 0 Å². The second kappa shape index (κ2) is 7.19. The lowest BCUT2D eigenvalue weighted by Crippen LogP contribution is -2.33. The van der Waals surface area contributed by atoms with Gasteiger partial charge in [-0.3, -0.25) is 4.99 Å². The van der Waals surface area contributed by atoms with Crippen LogP contribution in [0.4, 0.5) is 0 Å². The Morgan fingerprint density at radius 3 is 2.25 bits per heavy atom. The molecule has 0 heterocycles. The van der Waals surface area contributed by atoms with Gasteiger partial charge in [0.2, 0.25) is 0 Å². The fourth-order valence-corrected chi connectivity index (χ4v) is 1.76. The van der Waals surface area contributed by atoms with Crippen molar-refractivity contribution in [3.63, 3.8) is 0 Å². The molecule has 20 heavy (non-hydrogen) atoms. The second-order valence-corrected chi connectivity index (χ2v) is 4.23. The number of guanidine groups is 1. The molecular weight excluding hydrogens is 250 g/mol. The first-order chi connectivity index (χ1) is 9.81. The standard InChI is InChI=1S/C16H19N3O/c1-17-16(18-2)19-12-13-8-10-15(11-9-13)20-14-6-4-3-5-7-14/h3-11H,12H2,1-2H3,(H2,17,18,19). The molecule has 4 nitrogen and oxygen atoms in total. The number of hydrogen-bond acceptors (Lipinski definition) is 2. The highest BCUT2D eigenvalue weighted by Crippen LogP contribution is 2.20. The first kappa shape index (κ1) is 13.9. The van der Waals surface area contributed by atoms with Crippen LogP contribution in [0.15, 0.2) is 59.6 Å². The van der Waals surface area contributed by atoms with Crippen molar-refractivity contribution >= 4 is 5.96 Å². The molecule has 104 valence electrons. The molecule has 0 saturated heterocycles. The number of rotatable bonds is 4. The van der Waals surface area contributed by atoms with Gasteiger partial charge in [0.25, 0.3) is 0 Å². The Labute approximate surface area is 119 Å². The Morgan fingerprint density at radius 1 is 1.00 bits per heavy atom. The third kappa shape index (κ3) is 4.02. The van der Waals surface area contributed by atoms with Gasteiger partial charge >= 0.3 is 0 Å². The lowest BCUT2D eigenvalue weighted by Gasteiger charge is -2.09. The van der Waals surface area contributed by atoms with Crippen LogP contribution < -0.4 is 15.4 Å². The van der Waals surface area contributed by atoms with Crippen molar-refractivity contribution in [3.8, 4) is 11.5 Å². The van der Waals surface area contributed by atoms with Gasteiger partial charge in [-0.1, -0.05) is 30.3 Å². The topological polar surface area (TPSA) is 45.7 Å². The minimum atomic E-state index is 0.721. The minimum absolute atomic E-state index is 0.721. The predicted octanol–water partition coefficient (Wildman–Crippen LogP) is 2.77. The number of hydrogen-bond donors (Lipinski definition) is 2. The van der Waals surface area contributed by atoms with Crippen molar-refractivity contribution in [1.82, 2.24) is 10.6 Å². The molecule has 2 aromatic rings. The third-order valence-electron chi connectivity index (χ3n) is 2.82. The maximum absolute atomic E-state index is 5.74. The maximum atomic E-state index is 5.74. The highest BCUT2D eigenvalue weighted by molar-refractivity contribution is 5.79. The zero-order chi connectivity index (χ0) is 14.2. The first-order valence-corrected chi connectivity index (χ1v) is 6.52. The van der Waals surface area contributed by atoms with Gasteiger partial charge in [0.1, 0.15) is 11.5 Å². The van der Waals surface area contributed by atoms with Gasteiger partial charge in [-0.15, -0.1) is 0 Å². The van der Waals surface area contributed by atoms with Crippen LogP contribution in [0.25, 0.3) is 0 Å². The fraction of sp³-hybridized carbons (Fsp3) is 0.188. The molecule has 0 aliphatic carbocycles. The molecule has 2 aromatic carbocycles. The van der Waals surface area contributed by atoms with Crippen molar-refractivity contribution in [2.24, 2.45) is 4.99 Å². The number of aliphatic imine (C=N–C) groups is 1. The summed E-state index contributed by atoms with van der Waals surface area (Å²) in [6.45, 7) is 0.721. The van der Waals surface area contributed by atoms with Crippen LogP contribution in [0.3, 0.4) is 0 Å². The lowest BCUT2D eigenvalue weighted by molar-refractivity contribution is 0.482. The molecule has 0 amide bonds. The zero-order valence-electron chi connectivity index (χ0n) is 11.8. The maximum Gasteiger partial charge on any atom is 0.190 e. The summed E-state index contributed by atoms with van der Waals surface area (Å²) in [5.74, 6) is 2.45. The molecule has 0 bridgehead atoms.